The second kappa shape index (κ2) is 9.71. The van der Waals surface area contributed by atoms with Crippen molar-refractivity contribution in [3.63, 3.8) is 0 Å². The number of carbonyl (C=O) groups is 1. The molecule has 7 aliphatic rings. The molecule has 1 unspecified atom stereocenters. The van der Waals surface area contributed by atoms with Gasteiger partial charge in [0.2, 0.25) is 0 Å². The van der Waals surface area contributed by atoms with Crippen LogP contribution < -0.4 is 0 Å². The van der Waals surface area contributed by atoms with E-state index in [1.54, 1.807) is 12.1 Å². The molecule has 4 fully saturated rings. The first-order valence-electron chi connectivity index (χ1n) is 16.1. The van der Waals surface area contributed by atoms with Crippen LogP contribution in [0.2, 0.25) is 5.02 Å². The van der Waals surface area contributed by atoms with Gasteiger partial charge in [-0.15, -0.1) is 0 Å². The Morgan fingerprint density at radius 3 is 2.57 bits per heavy atom. The van der Waals surface area contributed by atoms with Gasteiger partial charge in [0.1, 0.15) is 5.82 Å². The highest BCUT2D eigenvalue weighted by Gasteiger charge is 2.74. The van der Waals surface area contributed by atoms with Crippen LogP contribution in [0, 0.1) is 39.3 Å². The van der Waals surface area contributed by atoms with Crippen LogP contribution in [0.5, 0.6) is 0 Å². The van der Waals surface area contributed by atoms with E-state index in [1.165, 1.54) is 6.07 Å². The number of aliphatic hydroxyl groups is 3. The summed E-state index contributed by atoms with van der Waals surface area (Å²) in [5.41, 5.74) is -1.47. The molecule has 1 saturated heterocycles. The normalized spacial score (nSPS) is 45.8. The van der Waals surface area contributed by atoms with Crippen LogP contribution in [-0.4, -0.2) is 63.4 Å². The van der Waals surface area contributed by atoms with Gasteiger partial charge in [-0.1, -0.05) is 49.7 Å². The highest BCUT2D eigenvalue weighted by atomic mass is 35.5. The Labute approximate surface area is 253 Å². The number of β-amino-alcohol motifs (C(OH)–C–C–N with tert-alkyl or cyclic N) is 1. The maximum atomic E-state index is 15.0. The SMILES string of the molecule is C[C@]12CC[C@H]3[C@]4(C=C[C@@]5(C=C4C(=O)Cc4c(F)cccc4Cl)CC(O)CC[C@]35C)[C@@H]1CC[C@@]2(O)CN1CCC[C@H]1CO. The molecule has 0 amide bonds. The Balaban J connectivity index is 1.33. The van der Waals surface area contributed by atoms with Crippen molar-refractivity contribution < 1.29 is 24.5 Å². The number of hydrogen-bond donors (Lipinski definition) is 3. The van der Waals surface area contributed by atoms with Gasteiger partial charge in [-0.25, -0.2) is 4.39 Å². The van der Waals surface area contributed by atoms with Gasteiger partial charge in [-0.3, -0.25) is 9.69 Å². The lowest BCUT2D eigenvalue weighted by atomic mass is 9.32. The van der Waals surface area contributed by atoms with E-state index in [2.05, 4.69) is 37.0 Å². The number of Topliss-reactive ketones (excluding diaryl/α,β-unsaturated/α-hetero) is 1. The molecule has 42 heavy (non-hydrogen) atoms. The predicted molar refractivity (Wildman–Crippen MR) is 160 cm³/mol. The van der Waals surface area contributed by atoms with E-state index in [-0.39, 0.29) is 52.7 Å². The number of rotatable bonds is 6. The first kappa shape index (κ1) is 29.2. The monoisotopic (exact) mass is 597 g/mol. The average Bonchev–Trinajstić information content (AvgIpc) is 3.51. The summed E-state index contributed by atoms with van der Waals surface area (Å²) in [6.45, 7) is 6.15. The maximum Gasteiger partial charge on any atom is 0.164 e. The molecule has 7 heteroatoms. The van der Waals surface area contributed by atoms with E-state index in [1.807, 2.05) is 0 Å². The van der Waals surface area contributed by atoms with Crippen LogP contribution in [0.1, 0.15) is 77.2 Å². The minimum Gasteiger partial charge on any atom is -0.395 e. The van der Waals surface area contributed by atoms with E-state index < -0.39 is 33.8 Å². The number of ketones is 1. The second-order valence-corrected chi connectivity index (χ2v) is 15.5. The molecule has 1 heterocycles. The fourth-order valence-corrected chi connectivity index (χ4v) is 11.5. The van der Waals surface area contributed by atoms with Gasteiger partial charge in [-0.2, -0.15) is 0 Å². The van der Waals surface area contributed by atoms with Gasteiger partial charge in [0.05, 0.1) is 18.3 Å². The average molecular weight is 598 g/mol. The van der Waals surface area contributed by atoms with Crippen molar-refractivity contribution in [1.29, 1.82) is 0 Å². The number of nitrogens with zero attached hydrogens (tertiary/aromatic N) is 1. The first-order valence-corrected chi connectivity index (χ1v) is 16.5. The van der Waals surface area contributed by atoms with Crippen molar-refractivity contribution in [3.8, 4) is 0 Å². The molecule has 6 aliphatic carbocycles. The third-order valence-corrected chi connectivity index (χ3v) is 13.9. The molecule has 1 aromatic carbocycles. The zero-order chi connectivity index (χ0) is 29.7. The summed E-state index contributed by atoms with van der Waals surface area (Å²) in [6.07, 6.45) is 13.7. The minimum atomic E-state index is -0.929. The van der Waals surface area contributed by atoms with Crippen molar-refractivity contribution in [2.45, 2.75) is 95.8 Å². The first-order chi connectivity index (χ1) is 19.9. The summed E-state index contributed by atoms with van der Waals surface area (Å²) >= 11 is 6.42. The van der Waals surface area contributed by atoms with Crippen LogP contribution >= 0.6 is 11.6 Å². The Morgan fingerprint density at radius 1 is 1.07 bits per heavy atom. The molecule has 0 aromatic heterocycles. The quantitative estimate of drug-likeness (QED) is 0.370. The second-order valence-electron chi connectivity index (χ2n) is 15.1. The molecule has 228 valence electrons. The topological polar surface area (TPSA) is 81.0 Å². The molecule has 8 rings (SSSR count). The molecule has 3 saturated carbocycles. The fraction of sp³-hybridized carbons (Fsp3) is 0.686. The van der Waals surface area contributed by atoms with Gasteiger partial charge in [0.25, 0.3) is 0 Å². The largest absolute Gasteiger partial charge is 0.395 e. The predicted octanol–water partition coefficient (Wildman–Crippen LogP) is 5.64. The van der Waals surface area contributed by atoms with Crippen LogP contribution in [0.3, 0.4) is 0 Å². The van der Waals surface area contributed by atoms with Crippen molar-refractivity contribution in [1.82, 2.24) is 4.90 Å². The highest BCUT2D eigenvalue weighted by Crippen LogP contribution is 2.78. The zero-order valence-electron chi connectivity index (χ0n) is 24.9. The van der Waals surface area contributed by atoms with Crippen LogP contribution in [0.15, 0.2) is 42.0 Å². The van der Waals surface area contributed by atoms with Gasteiger partial charge in [0.15, 0.2) is 5.78 Å². The lowest BCUT2D eigenvalue weighted by Crippen LogP contribution is -2.67. The zero-order valence-corrected chi connectivity index (χ0v) is 25.7. The Morgan fingerprint density at radius 2 is 1.81 bits per heavy atom. The highest BCUT2D eigenvalue weighted by molar-refractivity contribution is 6.31. The number of fused-ring (bicyclic) bond motifs is 1. The lowest BCUT2D eigenvalue weighted by molar-refractivity contribution is -0.179. The Bertz CT molecular complexity index is 1340. The molecule has 5 nitrogen and oxygen atoms in total. The van der Waals surface area contributed by atoms with Gasteiger partial charge < -0.3 is 15.3 Å². The van der Waals surface area contributed by atoms with Crippen LogP contribution in [0.4, 0.5) is 4.39 Å². The van der Waals surface area contributed by atoms with Crippen molar-refractivity contribution in [2.24, 2.45) is 33.5 Å². The van der Waals surface area contributed by atoms with Gasteiger partial charge in [0, 0.05) is 51.4 Å². The minimum absolute atomic E-state index is 0.0495. The molecular weight excluding hydrogens is 553 g/mol. The third kappa shape index (κ3) is 3.71. The standard InChI is InChI=1S/C35H45ClFNO4/c1-31-11-8-23(40)18-33(31)14-15-35(25(19-33)28(41)17-24-26(36)6-3-7-27(24)37)29(31)9-12-32(2)30(35)10-13-34(32,42)21-38-16-4-5-22(38)20-39/h3,6-7,14-15,19,22-23,29-30,39-40,42H,4-5,8-13,16-18,20-21H2,1-2H3/t22-,23?,29+,30+,31+,32-,33-,34+,35+/m0/s1. The maximum absolute atomic E-state index is 15.0. The van der Waals surface area contributed by atoms with E-state index in [0.717, 1.165) is 57.1 Å². The molecule has 1 aromatic rings. The van der Waals surface area contributed by atoms with Crippen molar-refractivity contribution in [3.05, 3.63) is 58.4 Å². The number of likely N-dealkylation sites (tertiary alicyclic amines) is 1. The van der Waals surface area contributed by atoms with Crippen molar-refractivity contribution >= 4 is 17.4 Å². The van der Waals surface area contributed by atoms with Gasteiger partial charge in [-0.05, 0) is 93.7 Å². The molecular formula is C35H45ClFNO4. The molecule has 1 aliphatic heterocycles. The van der Waals surface area contributed by atoms with Crippen LogP contribution in [0.25, 0.3) is 0 Å². The number of hydrogen-bond acceptors (Lipinski definition) is 5. The Hall–Kier alpha value is -1.57. The third-order valence-electron chi connectivity index (χ3n) is 13.6. The molecule has 3 N–H and O–H groups in total. The number of halogens is 2. The number of carbonyl (C=O) groups excluding carboxylic acids is 1. The van der Waals surface area contributed by atoms with E-state index >= 15 is 0 Å². The molecule has 9 atom stereocenters. The fourth-order valence-electron chi connectivity index (χ4n) is 11.3. The summed E-state index contributed by atoms with van der Waals surface area (Å²) in [7, 11) is 0. The number of benzene rings is 1. The summed E-state index contributed by atoms with van der Waals surface area (Å²) in [4.78, 5) is 16.8. The molecule has 2 bridgehead atoms. The molecule has 2 spiro atoms. The summed E-state index contributed by atoms with van der Waals surface area (Å²) < 4.78 is 15.0. The van der Waals surface area contributed by atoms with Crippen molar-refractivity contribution in [2.75, 3.05) is 19.7 Å². The number of allylic oxidation sites excluding steroid dienone is 4. The summed E-state index contributed by atoms with van der Waals surface area (Å²) in [5, 5.41) is 33.7. The van der Waals surface area contributed by atoms with Gasteiger partial charge >= 0.3 is 0 Å². The summed E-state index contributed by atoms with van der Waals surface area (Å²) in [5.74, 6) is -0.323. The number of aliphatic hydroxyl groups excluding tert-OH is 2. The van der Waals surface area contributed by atoms with E-state index in [9.17, 15) is 24.5 Å². The lowest BCUT2D eigenvalue weighted by Gasteiger charge is -2.71. The van der Waals surface area contributed by atoms with E-state index in [4.69, 9.17) is 11.6 Å². The molecule has 0 radical (unpaired) electrons. The Kier molecular flexibility index (Phi) is 6.74. The van der Waals surface area contributed by atoms with Crippen LogP contribution in [-0.2, 0) is 11.2 Å². The van der Waals surface area contributed by atoms with E-state index in [0.29, 0.717) is 19.4 Å². The smallest absolute Gasteiger partial charge is 0.164 e. The summed E-state index contributed by atoms with van der Waals surface area (Å²) in [6, 6.07) is 4.64.